The van der Waals surface area contributed by atoms with Gasteiger partial charge in [-0.1, -0.05) is 6.07 Å². The van der Waals surface area contributed by atoms with Crippen LogP contribution in [0.1, 0.15) is 22.8 Å². The van der Waals surface area contributed by atoms with E-state index in [-0.39, 0.29) is 24.4 Å². The molecule has 0 aliphatic carbocycles. The molecule has 0 aromatic heterocycles. The highest BCUT2D eigenvalue weighted by Gasteiger charge is 2.23. The maximum Gasteiger partial charge on any atom is 0.273 e. The number of hydrogen-bond acceptors (Lipinski definition) is 5. The molecule has 0 spiro atoms. The zero-order valence-corrected chi connectivity index (χ0v) is 11.7. The van der Waals surface area contributed by atoms with E-state index in [9.17, 15) is 20.0 Å². The Morgan fingerprint density at radius 2 is 2.20 bits per heavy atom. The molecular weight excluding hydrogens is 264 g/mol. The lowest BCUT2D eigenvalue weighted by atomic mass is 10.0. The van der Waals surface area contributed by atoms with Gasteiger partial charge in [0.05, 0.1) is 11.5 Å². The summed E-state index contributed by atoms with van der Waals surface area (Å²) in [6.07, 6.45) is 0. The summed E-state index contributed by atoms with van der Waals surface area (Å²) >= 11 is 0. The van der Waals surface area contributed by atoms with Gasteiger partial charge >= 0.3 is 0 Å². The van der Waals surface area contributed by atoms with Crippen LogP contribution in [-0.4, -0.2) is 41.8 Å². The molecule has 0 heterocycles. The van der Waals surface area contributed by atoms with Gasteiger partial charge in [0.15, 0.2) is 0 Å². The molecule has 1 atom stereocenters. The second-order valence-electron chi connectivity index (χ2n) is 4.82. The van der Waals surface area contributed by atoms with E-state index in [0.29, 0.717) is 5.56 Å². The minimum absolute atomic E-state index is 0.0121. The highest BCUT2D eigenvalue weighted by molar-refractivity contribution is 5.96. The third-order valence-corrected chi connectivity index (χ3v) is 2.83. The van der Waals surface area contributed by atoms with Crippen LogP contribution in [0.25, 0.3) is 0 Å². The molecule has 0 saturated heterocycles. The van der Waals surface area contributed by atoms with Crippen LogP contribution in [0.5, 0.6) is 0 Å². The van der Waals surface area contributed by atoms with Crippen LogP contribution in [0, 0.1) is 17.0 Å². The Morgan fingerprint density at radius 1 is 1.55 bits per heavy atom. The minimum atomic E-state index is -1.20. The van der Waals surface area contributed by atoms with Gasteiger partial charge in [-0.15, -0.1) is 0 Å². The van der Waals surface area contributed by atoms with Gasteiger partial charge in [0, 0.05) is 30.8 Å². The molecule has 0 saturated carbocycles. The third kappa shape index (κ3) is 4.01. The van der Waals surface area contributed by atoms with Crippen molar-refractivity contribution in [3.05, 3.63) is 39.4 Å². The molecule has 1 rings (SSSR count). The monoisotopic (exact) mass is 282 g/mol. The van der Waals surface area contributed by atoms with Crippen LogP contribution in [0.3, 0.4) is 0 Å². The van der Waals surface area contributed by atoms with E-state index in [1.807, 2.05) is 0 Å². The largest absolute Gasteiger partial charge is 0.386 e. The van der Waals surface area contributed by atoms with Crippen LogP contribution >= 0.6 is 0 Å². The van der Waals surface area contributed by atoms with Crippen molar-refractivity contribution in [3.63, 3.8) is 0 Å². The lowest BCUT2D eigenvalue weighted by Crippen LogP contribution is -2.43. The fraction of sp³-hybridized carbons (Fsp3) is 0.462. The molecule has 0 bridgehead atoms. The van der Waals surface area contributed by atoms with Crippen LogP contribution in [-0.2, 0) is 4.74 Å². The molecule has 110 valence electrons. The van der Waals surface area contributed by atoms with Crippen molar-refractivity contribution in [3.8, 4) is 0 Å². The molecular formula is C13H18N2O5. The first-order valence-corrected chi connectivity index (χ1v) is 6.02. The minimum Gasteiger partial charge on any atom is -0.386 e. The molecule has 7 nitrogen and oxygen atoms in total. The van der Waals surface area contributed by atoms with E-state index in [0.717, 1.165) is 0 Å². The van der Waals surface area contributed by atoms with Crippen molar-refractivity contribution in [2.45, 2.75) is 19.4 Å². The smallest absolute Gasteiger partial charge is 0.273 e. The zero-order valence-electron chi connectivity index (χ0n) is 11.7. The number of nitro benzene ring substituents is 1. The number of methoxy groups -OCH3 is 1. The molecule has 1 unspecified atom stereocenters. The van der Waals surface area contributed by atoms with Crippen LogP contribution in [0.4, 0.5) is 5.69 Å². The number of benzene rings is 1. The van der Waals surface area contributed by atoms with Crippen molar-refractivity contribution < 1.29 is 19.6 Å². The summed E-state index contributed by atoms with van der Waals surface area (Å²) < 4.78 is 4.83. The van der Waals surface area contributed by atoms with Crippen LogP contribution in [0.15, 0.2) is 18.2 Å². The fourth-order valence-corrected chi connectivity index (χ4v) is 1.80. The normalized spacial score (nSPS) is 13.6. The zero-order chi connectivity index (χ0) is 15.3. The highest BCUT2D eigenvalue weighted by atomic mass is 16.6. The Hall–Kier alpha value is -1.99. The molecule has 1 aromatic rings. The number of nitrogens with one attached hydrogen (secondary N) is 1. The number of aliphatic hydroxyl groups is 1. The number of carbonyl (C=O) groups excluding carboxylic acids is 1. The van der Waals surface area contributed by atoms with Gasteiger partial charge in [-0.25, -0.2) is 0 Å². The summed E-state index contributed by atoms with van der Waals surface area (Å²) in [7, 11) is 1.45. The molecule has 2 N–H and O–H groups in total. The van der Waals surface area contributed by atoms with Gasteiger partial charge in [0.1, 0.15) is 5.60 Å². The number of rotatable bonds is 6. The summed E-state index contributed by atoms with van der Waals surface area (Å²) in [6, 6.07) is 4.29. The van der Waals surface area contributed by atoms with Crippen LogP contribution in [0.2, 0.25) is 0 Å². The highest BCUT2D eigenvalue weighted by Crippen LogP contribution is 2.21. The van der Waals surface area contributed by atoms with E-state index >= 15 is 0 Å². The van der Waals surface area contributed by atoms with Gasteiger partial charge in [-0.3, -0.25) is 14.9 Å². The summed E-state index contributed by atoms with van der Waals surface area (Å²) in [5.41, 5.74) is -0.797. The van der Waals surface area contributed by atoms with Crippen LogP contribution < -0.4 is 5.32 Å². The number of nitrogens with zero attached hydrogens (tertiary/aromatic N) is 1. The Balaban J connectivity index is 2.84. The molecule has 7 heteroatoms. The van der Waals surface area contributed by atoms with Gasteiger partial charge < -0.3 is 15.2 Å². The average molecular weight is 282 g/mol. The molecule has 0 aliphatic heterocycles. The maximum absolute atomic E-state index is 12.0. The van der Waals surface area contributed by atoms with Gasteiger partial charge in [0.2, 0.25) is 0 Å². The van der Waals surface area contributed by atoms with E-state index < -0.39 is 16.4 Å². The Bertz CT molecular complexity index is 513. The maximum atomic E-state index is 12.0. The first-order valence-electron chi connectivity index (χ1n) is 6.02. The second-order valence-corrected chi connectivity index (χ2v) is 4.82. The molecule has 0 radical (unpaired) electrons. The van der Waals surface area contributed by atoms with E-state index in [1.54, 1.807) is 0 Å². The number of amides is 1. The number of hydrogen-bond donors (Lipinski definition) is 2. The molecule has 0 aliphatic rings. The Morgan fingerprint density at radius 3 is 2.75 bits per heavy atom. The first-order chi connectivity index (χ1) is 9.28. The van der Waals surface area contributed by atoms with Crippen molar-refractivity contribution in [1.82, 2.24) is 5.32 Å². The standard InChI is InChI=1S/C13H18N2O5/c1-9-10(5-4-6-11(9)15(18)19)12(16)14-7-13(2,17)8-20-3/h4-6,17H,7-8H2,1-3H3,(H,14,16). The van der Waals surface area contributed by atoms with Gasteiger partial charge in [0.25, 0.3) is 11.6 Å². The van der Waals surface area contributed by atoms with E-state index in [4.69, 9.17) is 4.74 Å². The molecule has 20 heavy (non-hydrogen) atoms. The lowest BCUT2D eigenvalue weighted by Gasteiger charge is -2.22. The van der Waals surface area contributed by atoms with Crippen molar-refractivity contribution in [1.29, 1.82) is 0 Å². The predicted octanol–water partition coefficient (Wildman–Crippen LogP) is 1.03. The first kappa shape index (κ1) is 16.1. The topological polar surface area (TPSA) is 102 Å². The third-order valence-electron chi connectivity index (χ3n) is 2.83. The summed E-state index contributed by atoms with van der Waals surface area (Å²) in [4.78, 5) is 22.3. The summed E-state index contributed by atoms with van der Waals surface area (Å²) in [5.74, 6) is -0.470. The summed E-state index contributed by atoms with van der Waals surface area (Å²) in [6.45, 7) is 3.10. The lowest BCUT2D eigenvalue weighted by molar-refractivity contribution is -0.385. The molecule has 1 aromatic carbocycles. The van der Waals surface area contributed by atoms with Crippen molar-refractivity contribution in [2.24, 2.45) is 0 Å². The second kappa shape index (κ2) is 6.44. The van der Waals surface area contributed by atoms with Gasteiger partial charge in [-0.05, 0) is 19.9 Å². The Kier molecular flexibility index (Phi) is 5.18. The van der Waals surface area contributed by atoms with Crippen molar-refractivity contribution >= 4 is 11.6 Å². The number of carbonyl (C=O) groups is 1. The van der Waals surface area contributed by atoms with Gasteiger partial charge in [-0.2, -0.15) is 0 Å². The fourth-order valence-electron chi connectivity index (χ4n) is 1.80. The predicted molar refractivity (Wildman–Crippen MR) is 72.7 cm³/mol. The van der Waals surface area contributed by atoms with Crippen molar-refractivity contribution in [2.75, 3.05) is 20.3 Å². The van der Waals surface area contributed by atoms with E-state index in [1.165, 1.54) is 39.2 Å². The van der Waals surface area contributed by atoms with E-state index in [2.05, 4.69) is 5.32 Å². The number of nitro groups is 1. The number of ether oxygens (including phenoxy) is 1. The summed E-state index contributed by atoms with van der Waals surface area (Å²) in [5, 5.41) is 23.2. The SMILES string of the molecule is COCC(C)(O)CNC(=O)c1cccc([N+](=O)[O-])c1C. The quantitative estimate of drug-likeness (QED) is 0.599. The molecule has 0 fully saturated rings. The molecule has 1 amide bonds. The Labute approximate surface area is 116 Å². The average Bonchev–Trinajstić information content (AvgIpc) is 2.36.